The summed E-state index contributed by atoms with van der Waals surface area (Å²) in [5.41, 5.74) is 2.58. The van der Waals surface area contributed by atoms with Gasteiger partial charge in [-0.05, 0) is 18.9 Å². The number of hydrogen-bond acceptors (Lipinski definition) is 3. The van der Waals surface area contributed by atoms with E-state index in [-0.39, 0.29) is 18.1 Å². The van der Waals surface area contributed by atoms with E-state index in [2.05, 4.69) is 41.3 Å². The molecule has 2 atom stereocenters. The second-order valence-electron chi connectivity index (χ2n) is 6.01. The number of fused-ring (bicyclic) bond motifs is 1. The standard InChI is InChI=1S/C16H19N4O/c1-11-5-2-3-6-12(11)13-7-8-14-17-15(18-20(13)14)16(21)19-9-4-10-19/h2-3,5-6,13-14H,4,7-10H2,1H3/q+1/t13-,14?/m1/s1. The van der Waals surface area contributed by atoms with E-state index in [1.165, 1.54) is 11.1 Å². The summed E-state index contributed by atoms with van der Waals surface area (Å²) in [6.45, 7) is 3.82. The summed E-state index contributed by atoms with van der Waals surface area (Å²) < 4.78 is 2.04. The molecule has 1 aromatic rings. The molecule has 1 aromatic carbocycles. The Kier molecular flexibility index (Phi) is 2.87. The van der Waals surface area contributed by atoms with Crippen molar-refractivity contribution in [3.05, 3.63) is 35.4 Å². The summed E-state index contributed by atoms with van der Waals surface area (Å²) in [6, 6.07) is 8.67. The fourth-order valence-corrected chi connectivity index (χ4v) is 3.33. The van der Waals surface area contributed by atoms with Crippen LogP contribution in [0.15, 0.2) is 34.4 Å². The van der Waals surface area contributed by atoms with Crippen molar-refractivity contribution in [1.29, 1.82) is 0 Å². The normalized spacial score (nSPS) is 27.0. The molecule has 0 saturated carbocycles. The summed E-state index contributed by atoms with van der Waals surface area (Å²) in [5.74, 6) is 0.400. The summed E-state index contributed by atoms with van der Waals surface area (Å²) in [5, 5.41) is 4.54. The largest absolute Gasteiger partial charge is 0.336 e. The quantitative estimate of drug-likeness (QED) is 0.768. The molecule has 0 radical (unpaired) electrons. The van der Waals surface area contributed by atoms with Crippen molar-refractivity contribution < 1.29 is 9.49 Å². The second-order valence-corrected chi connectivity index (χ2v) is 6.01. The third-order valence-corrected chi connectivity index (χ3v) is 4.69. The fraction of sp³-hybridized carbons (Fsp3) is 0.500. The molecule has 3 heterocycles. The van der Waals surface area contributed by atoms with Gasteiger partial charge < -0.3 is 4.90 Å². The van der Waals surface area contributed by atoms with E-state index >= 15 is 0 Å². The lowest BCUT2D eigenvalue weighted by Crippen LogP contribution is -2.45. The van der Waals surface area contributed by atoms with Crippen molar-refractivity contribution in [3.63, 3.8) is 0 Å². The Balaban J connectivity index is 1.61. The van der Waals surface area contributed by atoms with Gasteiger partial charge in [0.05, 0.1) is 0 Å². The van der Waals surface area contributed by atoms with Gasteiger partial charge in [-0.3, -0.25) is 4.79 Å². The molecule has 3 aliphatic heterocycles. The van der Waals surface area contributed by atoms with Gasteiger partial charge in [-0.25, -0.2) is 0 Å². The van der Waals surface area contributed by atoms with Crippen molar-refractivity contribution >= 4 is 11.7 Å². The molecule has 21 heavy (non-hydrogen) atoms. The highest BCUT2D eigenvalue weighted by Crippen LogP contribution is 2.37. The van der Waals surface area contributed by atoms with Crippen LogP contribution < -0.4 is 0 Å². The number of amidine groups is 1. The highest BCUT2D eigenvalue weighted by molar-refractivity contribution is 6.38. The Morgan fingerprint density at radius 2 is 2.10 bits per heavy atom. The Bertz CT molecular complexity index is 660. The zero-order chi connectivity index (χ0) is 14.4. The van der Waals surface area contributed by atoms with Gasteiger partial charge in [0.15, 0.2) is 0 Å². The number of carbonyl (C=O) groups is 1. The first-order chi connectivity index (χ1) is 10.2. The number of aliphatic imine (C=N–C) groups is 1. The van der Waals surface area contributed by atoms with Crippen LogP contribution in [0.2, 0.25) is 0 Å². The van der Waals surface area contributed by atoms with Crippen LogP contribution in [0, 0.1) is 6.92 Å². The molecule has 0 aliphatic carbocycles. The van der Waals surface area contributed by atoms with Crippen LogP contribution in [-0.2, 0) is 4.79 Å². The van der Waals surface area contributed by atoms with E-state index in [9.17, 15) is 4.79 Å². The van der Waals surface area contributed by atoms with Crippen LogP contribution >= 0.6 is 0 Å². The third kappa shape index (κ3) is 1.99. The van der Waals surface area contributed by atoms with Crippen LogP contribution in [0.5, 0.6) is 0 Å². The average Bonchev–Trinajstić information content (AvgIpc) is 2.97. The van der Waals surface area contributed by atoms with Crippen molar-refractivity contribution in [2.24, 2.45) is 10.1 Å². The van der Waals surface area contributed by atoms with Gasteiger partial charge in [0, 0.05) is 36.6 Å². The number of nitrogens with zero attached hydrogens (tertiary/aromatic N) is 4. The summed E-state index contributed by atoms with van der Waals surface area (Å²) in [4.78, 5) is 18.6. The Labute approximate surface area is 124 Å². The number of hydrogen-bond donors (Lipinski definition) is 0. The Hall–Kier alpha value is -2.04. The van der Waals surface area contributed by atoms with Crippen molar-refractivity contribution in [1.82, 2.24) is 4.90 Å². The van der Waals surface area contributed by atoms with Crippen LogP contribution in [0.1, 0.15) is 36.4 Å². The predicted molar refractivity (Wildman–Crippen MR) is 78.3 cm³/mol. The zero-order valence-corrected chi connectivity index (χ0v) is 12.2. The molecule has 2 fully saturated rings. The maximum atomic E-state index is 12.2. The Morgan fingerprint density at radius 3 is 2.81 bits per heavy atom. The Morgan fingerprint density at radius 1 is 1.29 bits per heavy atom. The molecule has 1 unspecified atom stereocenters. The number of aryl methyl sites for hydroxylation is 1. The lowest BCUT2D eigenvalue weighted by Gasteiger charge is -2.29. The number of carbonyl (C=O) groups excluding carboxylic acids is 1. The molecule has 5 heteroatoms. The third-order valence-electron chi connectivity index (χ3n) is 4.69. The topological polar surface area (TPSA) is 48.0 Å². The van der Waals surface area contributed by atoms with Crippen LogP contribution in [0.25, 0.3) is 0 Å². The van der Waals surface area contributed by atoms with Crippen molar-refractivity contribution in [2.75, 3.05) is 13.1 Å². The van der Waals surface area contributed by atoms with Gasteiger partial charge in [0.2, 0.25) is 6.04 Å². The maximum Gasteiger partial charge on any atom is 0.297 e. The molecule has 0 bridgehead atoms. The maximum absolute atomic E-state index is 12.2. The first kappa shape index (κ1) is 12.7. The average molecular weight is 283 g/mol. The highest BCUT2D eigenvalue weighted by Gasteiger charge is 2.46. The molecule has 108 valence electrons. The van der Waals surface area contributed by atoms with E-state index in [0.29, 0.717) is 5.84 Å². The van der Waals surface area contributed by atoms with Crippen molar-refractivity contribution in [3.8, 4) is 0 Å². The number of benzene rings is 1. The van der Waals surface area contributed by atoms with Gasteiger partial charge >= 0.3 is 0 Å². The second kappa shape index (κ2) is 4.76. The molecule has 2 saturated heterocycles. The summed E-state index contributed by atoms with van der Waals surface area (Å²) in [6.07, 6.45) is 3.17. The predicted octanol–water partition coefficient (Wildman–Crippen LogP) is 2.27. The van der Waals surface area contributed by atoms with Gasteiger partial charge in [-0.2, -0.15) is 4.99 Å². The van der Waals surface area contributed by atoms with E-state index in [0.717, 1.165) is 32.4 Å². The molecule has 0 aromatic heterocycles. The monoisotopic (exact) mass is 283 g/mol. The van der Waals surface area contributed by atoms with Crippen LogP contribution in [0.3, 0.4) is 0 Å². The molecular weight excluding hydrogens is 264 g/mol. The lowest BCUT2D eigenvalue weighted by molar-refractivity contribution is -0.633. The number of azo groups is 2. The minimum atomic E-state index is -0.000756. The highest BCUT2D eigenvalue weighted by atomic mass is 16.2. The van der Waals surface area contributed by atoms with E-state index in [1.54, 1.807) is 0 Å². The molecule has 1 amide bonds. The van der Waals surface area contributed by atoms with Crippen LogP contribution in [-0.4, -0.2) is 40.6 Å². The minimum Gasteiger partial charge on any atom is -0.336 e. The van der Waals surface area contributed by atoms with Gasteiger partial charge in [-0.1, -0.05) is 29.0 Å². The molecule has 0 spiro atoms. The number of rotatable bonds is 2. The van der Waals surface area contributed by atoms with Crippen LogP contribution in [0.4, 0.5) is 0 Å². The number of amides is 1. The SMILES string of the molecule is Cc1ccccc1[C@H]1CCC2N=C(C(=O)N3CCC3)N=[N+]21. The van der Waals surface area contributed by atoms with Gasteiger partial charge in [-0.15, -0.1) is 0 Å². The molecule has 3 aliphatic rings. The lowest BCUT2D eigenvalue weighted by atomic mass is 10.0. The zero-order valence-electron chi connectivity index (χ0n) is 12.2. The van der Waals surface area contributed by atoms with Gasteiger partial charge in [0.25, 0.3) is 17.9 Å². The smallest absolute Gasteiger partial charge is 0.297 e. The first-order valence-electron chi connectivity index (χ1n) is 7.66. The summed E-state index contributed by atoms with van der Waals surface area (Å²) >= 11 is 0. The van der Waals surface area contributed by atoms with Crippen molar-refractivity contribution in [2.45, 2.75) is 38.4 Å². The van der Waals surface area contributed by atoms with E-state index in [1.807, 2.05) is 9.60 Å². The van der Waals surface area contributed by atoms with E-state index in [4.69, 9.17) is 0 Å². The minimum absolute atomic E-state index is 0.000756. The molecule has 4 rings (SSSR count). The first-order valence-corrected chi connectivity index (χ1v) is 7.66. The number of likely N-dealkylation sites (tertiary alicyclic amines) is 1. The molecule has 0 N–H and O–H groups in total. The molecule has 5 nitrogen and oxygen atoms in total. The summed E-state index contributed by atoms with van der Waals surface area (Å²) in [7, 11) is 0. The fourth-order valence-electron chi connectivity index (χ4n) is 3.33. The van der Waals surface area contributed by atoms with Gasteiger partial charge in [0.1, 0.15) is 0 Å². The molecular formula is C16H19N4O+. The van der Waals surface area contributed by atoms with E-state index < -0.39 is 0 Å².